The van der Waals surface area contributed by atoms with E-state index in [1.54, 1.807) is 6.07 Å². The quantitative estimate of drug-likeness (QED) is 0.862. The molecule has 2 rings (SSSR count). The van der Waals surface area contributed by atoms with Crippen LogP contribution in [0, 0.1) is 11.6 Å². The fraction of sp³-hybridized carbons (Fsp3) is 0.200. The van der Waals surface area contributed by atoms with Crippen molar-refractivity contribution < 1.29 is 13.5 Å². The van der Waals surface area contributed by atoms with Crippen molar-refractivity contribution in [3.05, 3.63) is 58.1 Å². The van der Waals surface area contributed by atoms with Gasteiger partial charge in [0.15, 0.2) is 11.6 Å². The highest BCUT2D eigenvalue weighted by Crippen LogP contribution is 2.33. The molecule has 20 heavy (non-hydrogen) atoms. The molecule has 1 atom stereocenters. The molecule has 0 radical (unpaired) electrons. The molecule has 0 aliphatic heterocycles. The molecule has 0 saturated carbocycles. The highest BCUT2D eigenvalue weighted by atomic mass is 79.9. The lowest BCUT2D eigenvalue weighted by atomic mass is 10.1. The molecule has 0 fully saturated rings. The molecule has 0 spiro atoms. The highest BCUT2D eigenvalue weighted by Gasteiger charge is 2.13. The van der Waals surface area contributed by atoms with Crippen molar-refractivity contribution in [3.63, 3.8) is 0 Å². The van der Waals surface area contributed by atoms with Gasteiger partial charge in [-0.15, -0.1) is 0 Å². The summed E-state index contributed by atoms with van der Waals surface area (Å²) in [4.78, 5) is 0. The minimum Gasteiger partial charge on any atom is -0.454 e. The van der Waals surface area contributed by atoms with E-state index in [4.69, 9.17) is 4.74 Å². The predicted octanol–water partition coefficient (Wildman–Crippen LogP) is 4.80. The number of halogens is 3. The maximum Gasteiger partial charge on any atom is 0.168 e. The molecule has 2 aromatic rings. The standard InChI is InChI=1S/C15H14BrF2NO/c1-9(19-2)12-7-10(16)3-5-14(12)20-15-6-4-11(17)8-13(15)18/h3-9,19H,1-2H3. The van der Waals surface area contributed by atoms with Crippen LogP contribution in [0.3, 0.4) is 0 Å². The minimum atomic E-state index is -0.726. The molecule has 0 amide bonds. The molecule has 106 valence electrons. The van der Waals surface area contributed by atoms with Gasteiger partial charge in [0.2, 0.25) is 0 Å². The Bertz CT molecular complexity index is 619. The maximum atomic E-state index is 13.6. The third-order valence-corrected chi connectivity index (χ3v) is 3.48. The molecule has 1 N–H and O–H groups in total. The lowest BCUT2D eigenvalue weighted by Crippen LogP contribution is -2.13. The van der Waals surface area contributed by atoms with Crippen LogP contribution < -0.4 is 10.1 Å². The van der Waals surface area contributed by atoms with Crippen molar-refractivity contribution in [2.75, 3.05) is 7.05 Å². The smallest absolute Gasteiger partial charge is 0.168 e. The first-order valence-corrected chi connectivity index (χ1v) is 6.90. The fourth-order valence-corrected chi connectivity index (χ4v) is 2.16. The highest BCUT2D eigenvalue weighted by molar-refractivity contribution is 9.10. The normalized spacial score (nSPS) is 12.2. The molecule has 0 aromatic heterocycles. The number of hydrogen-bond donors (Lipinski definition) is 1. The van der Waals surface area contributed by atoms with Gasteiger partial charge in [-0.05, 0) is 44.3 Å². The first-order chi connectivity index (χ1) is 9.51. The second kappa shape index (κ2) is 6.33. The van der Waals surface area contributed by atoms with Crippen LogP contribution in [0.1, 0.15) is 18.5 Å². The Morgan fingerprint density at radius 1 is 1.10 bits per heavy atom. The lowest BCUT2D eigenvalue weighted by molar-refractivity contribution is 0.428. The fourth-order valence-electron chi connectivity index (χ4n) is 1.78. The molecule has 5 heteroatoms. The topological polar surface area (TPSA) is 21.3 Å². The summed E-state index contributed by atoms with van der Waals surface area (Å²) in [6, 6.07) is 8.73. The second-order valence-corrected chi connectivity index (χ2v) is 5.28. The van der Waals surface area contributed by atoms with Crippen LogP contribution in [-0.2, 0) is 0 Å². The van der Waals surface area contributed by atoms with E-state index in [1.165, 1.54) is 12.1 Å². The van der Waals surface area contributed by atoms with E-state index in [9.17, 15) is 8.78 Å². The minimum absolute atomic E-state index is 0.00160. The Kier molecular flexibility index (Phi) is 4.73. The molecule has 2 nitrogen and oxygen atoms in total. The Balaban J connectivity index is 2.37. The molecular formula is C15H14BrF2NO. The van der Waals surface area contributed by atoms with E-state index in [2.05, 4.69) is 21.2 Å². The molecule has 0 heterocycles. The molecule has 1 unspecified atom stereocenters. The lowest BCUT2D eigenvalue weighted by Gasteiger charge is -2.17. The van der Waals surface area contributed by atoms with Crippen molar-refractivity contribution in [1.82, 2.24) is 5.32 Å². The van der Waals surface area contributed by atoms with Gasteiger partial charge in [-0.2, -0.15) is 0 Å². The first-order valence-electron chi connectivity index (χ1n) is 6.11. The van der Waals surface area contributed by atoms with E-state index < -0.39 is 11.6 Å². The van der Waals surface area contributed by atoms with Crippen molar-refractivity contribution >= 4 is 15.9 Å². The molecule has 0 saturated heterocycles. The van der Waals surface area contributed by atoms with Gasteiger partial charge >= 0.3 is 0 Å². The summed E-state index contributed by atoms with van der Waals surface area (Å²) in [5.41, 5.74) is 0.880. The average molecular weight is 342 g/mol. The summed E-state index contributed by atoms with van der Waals surface area (Å²) in [5, 5.41) is 3.10. The van der Waals surface area contributed by atoms with Crippen molar-refractivity contribution in [3.8, 4) is 11.5 Å². The largest absolute Gasteiger partial charge is 0.454 e. The maximum absolute atomic E-state index is 13.6. The van der Waals surface area contributed by atoms with Crippen LogP contribution in [0.15, 0.2) is 40.9 Å². The molecule has 0 aliphatic carbocycles. The van der Waals surface area contributed by atoms with Gasteiger partial charge < -0.3 is 10.1 Å². The third-order valence-electron chi connectivity index (χ3n) is 2.99. The predicted molar refractivity (Wildman–Crippen MR) is 78.0 cm³/mol. The summed E-state index contributed by atoms with van der Waals surface area (Å²) in [5.74, 6) is -0.829. The molecular weight excluding hydrogens is 328 g/mol. The van der Waals surface area contributed by atoms with E-state index in [0.29, 0.717) is 5.75 Å². The van der Waals surface area contributed by atoms with Gasteiger partial charge in [0, 0.05) is 22.1 Å². The van der Waals surface area contributed by atoms with E-state index >= 15 is 0 Å². The first kappa shape index (κ1) is 14.9. The Morgan fingerprint density at radius 3 is 2.45 bits per heavy atom. The van der Waals surface area contributed by atoms with Crippen molar-refractivity contribution in [2.24, 2.45) is 0 Å². The molecule has 0 aliphatic rings. The van der Waals surface area contributed by atoms with Crippen molar-refractivity contribution in [1.29, 1.82) is 0 Å². The van der Waals surface area contributed by atoms with Gasteiger partial charge in [-0.3, -0.25) is 0 Å². The van der Waals surface area contributed by atoms with E-state index in [1.807, 2.05) is 26.1 Å². The zero-order valence-corrected chi connectivity index (χ0v) is 12.7. The summed E-state index contributed by atoms with van der Waals surface area (Å²) >= 11 is 3.40. The van der Waals surface area contributed by atoms with Gasteiger partial charge in [-0.1, -0.05) is 15.9 Å². The number of rotatable bonds is 4. The SMILES string of the molecule is CNC(C)c1cc(Br)ccc1Oc1ccc(F)cc1F. The van der Waals surface area contributed by atoms with E-state index in [-0.39, 0.29) is 11.8 Å². The van der Waals surface area contributed by atoms with Crippen molar-refractivity contribution in [2.45, 2.75) is 13.0 Å². The van der Waals surface area contributed by atoms with Gasteiger partial charge in [0.05, 0.1) is 0 Å². The zero-order valence-electron chi connectivity index (χ0n) is 11.1. The summed E-state index contributed by atoms with van der Waals surface area (Å²) in [6.07, 6.45) is 0. The monoisotopic (exact) mass is 341 g/mol. The Hall–Kier alpha value is -1.46. The second-order valence-electron chi connectivity index (χ2n) is 4.37. The van der Waals surface area contributed by atoms with Crippen LogP contribution in [0.2, 0.25) is 0 Å². The third kappa shape index (κ3) is 3.35. The van der Waals surface area contributed by atoms with Crippen LogP contribution in [0.4, 0.5) is 8.78 Å². The van der Waals surface area contributed by atoms with Crippen LogP contribution >= 0.6 is 15.9 Å². The molecule has 2 aromatic carbocycles. The number of ether oxygens (including phenoxy) is 1. The van der Waals surface area contributed by atoms with Gasteiger partial charge in [0.1, 0.15) is 11.6 Å². The van der Waals surface area contributed by atoms with E-state index in [0.717, 1.165) is 16.1 Å². The van der Waals surface area contributed by atoms with Crippen LogP contribution in [0.5, 0.6) is 11.5 Å². The van der Waals surface area contributed by atoms with Crippen LogP contribution in [0.25, 0.3) is 0 Å². The number of nitrogens with one attached hydrogen (secondary N) is 1. The summed E-state index contributed by atoms with van der Waals surface area (Å²) in [6.45, 7) is 1.97. The molecule has 0 bridgehead atoms. The van der Waals surface area contributed by atoms with Crippen LogP contribution in [-0.4, -0.2) is 7.05 Å². The zero-order chi connectivity index (χ0) is 14.7. The Labute approximate surface area is 124 Å². The Morgan fingerprint density at radius 2 is 1.80 bits per heavy atom. The summed E-state index contributed by atoms with van der Waals surface area (Å²) in [7, 11) is 1.83. The number of hydrogen-bond acceptors (Lipinski definition) is 2. The van der Waals surface area contributed by atoms with Gasteiger partial charge in [0.25, 0.3) is 0 Å². The number of benzene rings is 2. The average Bonchev–Trinajstić information content (AvgIpc) is 2.42. The summed E-state index contributed by atoms with van der Waals surface area (Å²) < 4.78 is 33.0. The van der Waals surface area contributed by atoms with Gasteiger partial charge in [-0.25, -0.2) is 8.78 Å².